The molecular formula is C15H23NO3. The molecule has 0 saturated heterocycles. The molecule has 4 heteroatoms. The lowest BCUT2D eigenvalue weighted by atomic mass is 9.78. The Balaban J connectivity index is 2.07. The lowest BCUT2D eigenvalue weighted by Gasteiger charge is -2.31. The first kappa shape index (κ1) is 14.3. The van der Waals surface area contributed by atoms with Gasteiger partial charge >= 0.3 is 5.97 Å². The third-order valence-corrected chi connectivity index (χ3v) is 4.19. The van der Waals surface area contributed by atoms with Crippen molar-refractivity contribution in [2.45, 2.75) is 57.1 Å². The van der Waals surface area contributed by atoms with Crippen LogP contribution in [0.2, 0.25) is 0 Å². The second-order valence-electron chi connectivity index (χ2n) is 5.38. The number of rotatable bonds is 5. The summed E-state index contributed by atoms with van der Waals surface area (Å²) in [5.41, 5.74) is 9.75. The van der Waals surface area contributed by atoms with Gasteiger partial charge in [0, 0.05) is 7.11 Å². The molecular weight excluding hydrogens is 242 g/mol. The zero-order valence-electron chi connectivity index (χ0n) is 11.5. The van der Waals surface area contributed by atoms with Crippen molar-refractivity contribution in [2.75, 3.05) is 7.11 Å². The van der Waals surface area contributed by atoms with E-state index in [-0.39, 0.29) is 6.10 Å². The van der Waals surface area contributed by atoms with Gasteiger partial charge in [-0.15, -0.1) is 0 Å². The van der Waals surface area contributed by atoms with Crippen molar-refractivity contribution in [1.29, 1.82) is 0 Å². The number of nitrogens with two attached hydrogens (primary N) is 1. The molecule has 0 radical (unpaired) electrons. The van der Waals surface area contributed by atoms with Crippen molar-refractivity contribution >= 4 is 5.97 Å². The first-order chi connectivity index (χ1) is 9.13. The summed E-state index contributed by atoms with van der Waals surface area (Å²) in [6.07, 6.45) is 9.31. The van der Waals surface area contributed by atoms with Gasteiger partial charge in [0.15, 0.2) is 0 Å². The number of aliphatic carboxylic acids is 1. The van der Waals surface area contributed by atoms with Gasteiger partial charge in [0.25, 0.3) is 0 Å². The first-order valence-electron chi connectivity index (χ1n) is 7.06. The van der Waals surface area contributed by atoms with Crippen molar-refractivity contribution in [1.82, 2.24) is 0 Å². The fourth-order valence-electron chi connectivity index (χ4n) is 3.09. The molecule has 4 nitrogen and oxygen atoms in total. The summed E-state index contributed by atoms with van der Waals surface area (Å²) in [4.78, 5) is 10.8. The van der Waals surface area contributed by atoms with Crippen molar-refractivity contribution in [2.24, 2.45) is 5.73 Å². The van der Waals surface area contributed by atoms with Gasteiger partial charge in [0.1, 0.15) is 6.04 Å². The lowest BCUT2D eigenvalue weighted by molar-refractivity contribution is -0.138. The Labute approximate surface area is 114 Å². The minimum atomic E-state index is -0.913. The second kappa shape index (κ2) is 6.35. The standard InChI is InChI=1S/C15H23NO3/c1-19-14-9-7-10(6-8-13(16)15(17)18)11-4-2-3-5-12(11)14/h7,13-14H,2-6,8-9,16H2,1H3,(H,17,18)/t13-,14?/m0/s1. The van der Waals surface area contributed by atoms with Crippen molar-refractivity contribution < 1.29 is 14.6 Å². The summed E-state index contributed by atoms with van der Waals surface area (Å²) in [6, 6.07) is -0.756. The molecule has 0 amide bonds. The molecule has 0 aromatic carbocycles. The molecule has 1 unspecified atom stereocenters. The Morgan fingerprint density at radius 3 is 2.95 bits per heavy atom. The van der Waals surface area contributed by atoms with E-state index in [0.29, 0.717) is 6.42 Å². The van der Waals surface area contributed by atoms with Crippen molar-refractivity contribution in [3.8, 4) is 0 Å². The van der Waals surface area contributed by atoms with Crippen LogP contribution in [-0.4, -0.2) is 30.3 Å². The molecule has 2 aliphatic carbocycles. The summed E-state index contributed by atoms with van der Waals surface area (Å²) in [7, 11) is 1.77. The van der Waals surface area contributed by atoms with Gasteiger partial charge in [-0.2, -0.15) is 0 Å². The number of hydrogen-bond acceptors (Lipinski definition) is 3. The minimum Gasteiger partial charge on any atom is -0.480 e. The summed E-state index contributed by atoms with van der Waals surface area (Å²) in [5, 5.41) is 8.85. The number of carboxylic acid groups (broad SMARTS) is 1. The Kier molecular flexibility index (Phi) is 4.77. The minimum absolute atomic E-state index is 0.229. The van der Waals surface area contributed by atoms with E-state index in [4.69, 9.17) is 15.6 Å². The van der Waals surface area contributed by atoms with Gasteiger partial charge in [0.05, 0.1) is 6.10 Å². The van der Waals surface area contributed by atoms with E-state index < -0.39 is 12.0 Å². The molecule has 3 N–H and O–H groups in total. The number of hydrogen-bond donors (Lipinski definition) is 2. The van der Waals surface area contributed by atoms with Crippen molar-refractivity contribution in [3.63, 3.8) is 0 Å². The molecule has 2 atom stereocenters. The van der Waals surface area contributed by atoms with Gasteiger partial charge in [-0.3, -0.25) is 4.79 Å². The van der Waals surface area contributed by atoms with E-state index in [1.54, 1.807) is 7.11 Å². The number of ether oxygens (including phenoxy) is 1. The maximum atomic E-state index is 10.8. The maximum absolute atomic E-state index is 10.8. The lowest BCUT2D eigenvalue weighted by Crippen LogP contribution is -2.30. The van der Waals surface area contributed by atoms with Crippen LogP contribution >= 0.6 is 0 Å². The van der Waals surface area contributed by atoms with Gasteiger partial charge in [-0.25, -0.2) is 0 Å². The predicted octanol–water partition coefficient (Wildman–Crippen LogP) is 2.39. The van der Waals surface area contributed by atoms with Crippen LogP contribution in [0.25, 0.3) is 0 Å². The summed E-state index contributed by atoms with van der Waals surface area (Å²) >= 11 is 0. The number of methoxy groups -OCH3 is 1. The van der Waals surface area contributed by atoms with E-state index in [1.807, 2.05) is 0 Å². The molecule has 106 valence electrons. The molecule has 0 aromatic heterocycles. The normalized spacial score (nSPS) is 24.7. The van der Waals surface area contributed by atoms with Crippen LogP contribution in [0.4, 0.5) is 0 Å². The van der Waals surface area contributed by atoms with Gasteiger partial charge in [-0.1, -0.05) is 6.08 Å². The van der Waals surface area contributed by atoms with Crippen LogP contribution in [0, 0.1) is 0 Å². The number of allylic oxidation sites excluding steroid dienone is 2. The zero-order valence-corrected chi connectivity index (χ0v) is 11.5. The van der Waals surface area contributed by atoms with E-state index in [2.05, 4.69) is 6.08 Å². The molecule has 0 aromatic rings. The van der Waals surface area contributed by atoms with Crippen LogP contribution < -0.4 is 5.73 Å². The Morgan fingerprint density at radius 1 is 1.53 bits per heavy atom. The van der Waals surface area contributed by atoms with E-state index >= 15 is 0 Å². The van der Waals surface area contributed by atoms with Gasteiger partial charge in [-0.05, 0) is 61.7 Å². The quantitative estimate of drug-likeness (QED) is 0.800. The highest BCUT2D eigenvalue weighted by Crippen LogP contribution is 2.38. The van der Waals surface area contributed by atoms with E-state index in [1.165, 1.54) is 29.6 Å². The summed E-state index contributed by atoms with van der Waals surface area (Å²) in [6.45, 7) is 0. The molecule has 2 aliphatic rings. The molecule has 0 bridgehead atoms. The highest BCUT2D eigenvalue weighted by molar-refractivity contribution is 5.73. The predicted molar refractivity (Wildman–Crippen MR) is 73.8 cm³/mol. The maximum Gasteiger partial charge on any atom is 0.320 e. The Morgan fingerprint density at radius 2 is 2.26 bits per heavy atom. The smallest absolute Gasteiger partial charge is 0.320 e. The van der Waals surface area contributed by atoms with Crippen molar-refractivity contribution in [3.05, 3.63) is 22.8 Å². The van der Waals surface area contributed by atoms with Crippen LogP contribution in [0.1, 0.15) is 44.9 Å². The zero-order chi connectivity index (χ0) is 13.8. The third-order valence-electron chi connectivity index (χ3n) is 4.19. The number of carboxylic acids is 1. The Bertz CT molecular complexity index is 412. The van der Waals surface area contributed by atoms with Crippen LogP contribution in [0.15, 0.2) is 22.8 Å². The van der Waals surface area contributed by atoms with Crippen LogP contribution in [0.3, 0.4) is 0 Å². The summed E-state index contributed by atoms with van der Waals surface area (Å²) < 4.78 is 5.55. The number of carbonyl (C=O) groups is 1. The fraction of sp³-hybridized carbons (Fsp3) is 0.667. The monoisotopic (exact) mass is 265 g/mol. The average Bonchev–Trinajstić information content (AvgIpc) is 2.44. The molecule has 0 saturated carbocycles. The SMILES string of the molecule is COC1CC=C(CC[C@H](N)C(=O)O)C2=C1CCCC2. The highest BCUT2D eigenvalue weighted by Gasteiger charge is 2.26. The molecule has 0 fully saturated rings. The molecule has 2 rings (SSSR count). The Hall–Kier alpha value is -1.13. The van der Waals surface area contributed by atoms with E-state index in [0.717, 1.165) is 25.7 Å². The molecule has 0 heterocycles. The second-order valence-corrected chi connectivity index (χ2v) is 5.38. The van der Waals surface area contributed by atoms with Gasteiger partial charge in [0.2, 0.25) is 0 Å². The topological polar surface area (TPSA) is 72.5 Å². The van der Waals surface area contributed by atoms with Crippen LogP contribution in [-0.2, 0) is 9.53 Å². The molecule has 0 spiro atoms. The summed E-state index contributed by atoms with van der Waals surface area (Å²) in [5.74, 6) is -0.913. The fourth-order valence-corrected chi connectivity index (χ4v) is 3.09. The largest absolute Gasteiger partial charge is 0.480 e. The van der Waals surface area contributed by atoms with E-state index in [9.17, 15) is 4.79 Å². The molecule has 0 aliphatic heterocycles. The first-order valence-corrected chi connectivity index (χ1v) is 7.06. The average molecular weight is 265 g/mol. The van der Waals surface area contributed by atoms with Crippen LogP contribution in [0.5, 0.6) is 0 Å². The van der Waals surface area contributed by atoms with Gasteiger partial charge < -0.3 is 15.6 Å². The third kappa shape index (κ3) is 3.25. The molecule has 19 heavy (non-hydrogen) atoms. The highest BCUT2D eigenvalue weighted by atomic mass is 16.5.